The fourth-order valence-electron chi connectivity index (χ4n) is 6.83. The normalized spacial score (nSPS) is 17.3. The molecule has 3 aliphatic heterocycles. The molecule has 408 valence electrons. The van der Waals surface area contributed by atoms with Crippen LogP contribution in [0.25, 0.3) is 22.3 Å². The van der Waals surface area contributed by atoms with Crippen LogP contribution in [0.3, 0.4) is 0 Å². The maximum Gasteiger partial charge on any atom is 0.490 e. The highest BCUT2D eigenvalue weighted by Gasteiger charge is 2.49. The number of carbonyl (C=O) groups excluding carboxylic acids is 1. The number of nitriles is 1. The van der Waals surface area contributed by atoms with Crippen LogP contribution in [0.4, 0.5) is 70.2 Å². The Bertz CT molecular complexity index is 2540. The molecule has 0 aromatic carbocycles. The van der Waals surface area contributed by atoms with E-state index in [1.165, 1.54) is 17.3 Å². The molecular weight excluding hydrogens is 1060 g/mol. The number of hydrogen-bond acceptors (Lipinski definition) is 13. The molecule has 3 fully saturated rings. The highest BCUT2D eigenvalue weighted by molar-refractivity contribution is 5.92. The van der Waals surface area contributed by atoms with Crippen LogP contribution >= 0.6 is 0 Å². The molecule has 4 aromatic rings. The Kier molecular flexibility index (Phi) is 19.8. The second-order valence-electron chi connectivity index (χ2n) is 15.5. The second kappa shape index (κ2) is 24.1. The lowest BCUT2D eigenvalue weighted by Gasteiger charge is -2.53. The monoisotopic (exact) mass is 1090 g/mol. The molecule has 0 bridgehead atoms. The van der Waals surface area contributed by atoms with Crippen LogP contribution in [0.2, 0.25) is 0 Å². The molecule has 36 heteroatoms. The average molecular weight is 1090 g/mol. The maximum atomic E-state index is 13.6. The lowest BCUT2D eigenvalue weighted by Crippen LogP contribution is -2.66. The van der Waals surface area contributed by atoms with E-state index in [4.69, 9.17) is 39.6 Å². The van der Waals surface area contributed by atoms with Gasteiger partial charge in [0.15, 0.2) is 0 Å². The van der Waals surface area contributed by atoms with Crippen molar-refractivity contribution >= 4 is 40.8 Å². The Hall–Kier alpha value is -7.45. The van der Waals surface area contributed by atoms with Gasteiger partial charge in [0.25, 0.3) is 5.91 Å². The van der Waals surface area contributed by atoms with Gasteiger partial charge >= 0.3 is 54.8 Å². The quantitative estimate of drug-likeness (QED) is 0.134. The van der Waals surface area contributed by atoms with Crippen molar-refractivity contribution in [2.24, 2.45) is 0 Å². The maximum absolute atomic E-state index is 13.6. The summed E-state index contributed by atoms with van der Waals surface area (Å²) in [6, 6.07) is 5.65. The summed E-state index contributed by atoms with van der Waals surface area (Å²) in [5.41, 5.74) is 1.53. The van der Waals surface area contributed by atoms with Gasteiger partial charge in [0.1, 0.15) is 29.4 Å². The fourth-order valence-corrected chi connectivity index (χ4v) is 6.83. The van der Waals surface area contributed by atoms with Crippen molar-refractivity contribution in [3.8, 4) is 17.3 Å². The zero-order valence-electron chi connectivity index (χ0n) is 36.7. The molecule has 5 N–H and O–H groups in total. The molecule has 7 heterocycles. The van der Waals surface area contributed by atoms with E-state index in [1.807, 2.05) is 16.9 Å². The minimum Gasteiger partial charge on any atom is -0.475 e. The van der Waals surface area contributed by atoms with Crippen molar-refractivity contribution in [2.75, 3.05) is 39.3 Å². The van der Waals surface area contributed by atoms with Crippen LogP contribution in [0.1, 0.15) is 47.7 Å². The summed E-state index contributed by atoms with van der Waals surface area (Å²) in [7, 11) is 0. The lowest BCUT2D eigenvalue weighted by molar-refractivity contribution is -0.193. The Balaban J connectivity index is 0.000000421. The highest BCUT2D eigenvalue weighted by Crippen LogP contribution is 2.38. The van der Waals surface area contributed by atoms with E-state index in [9.17, 15) is 80.3 Å². The van der Waals surface area contributed by atoms with E-state index in [0.717, 1.165) is 22.3 Å². The molecule has 0 radical (unpaired) electrons. The van der Waals surface area contributed by atoms with E-state index in [1.54, 1.807) is 17.3 Å². The standard InChI is InChI=1S/C30H31F4N11O.4C2HF3O2/c31-20-2-8-42(14-20)15-21-11-24(41-28(40-21)30(32,33)34)27(46)43-9-3-22(4-10-43)44-16-29(17-44,5-6-35)45-13-19(12-39-45)25-23-1-7-36-26(23)38-18-37-25;4*3-2(4,5)1(6)7/h1,7,11-13,18,20,22H,2-5,8-10,14-17H2,(H,36,37,38);4*(H,6,7)/t20-;;;;/m1..../s1. The third kappa shape index (κ3) is 17.4. The first kappa shape index (κ1) is 60.9. The zero-order valence-corrected chi connectivity index (χ0v) is 36.7. The molecule has 7 rings (SSSR count). The number of carbonyl (C=O) groups is 5. The van der Waals surface area contributed by atoms with Gasteiger partial charge in [-0.1, -0.05) is 0 Å². The summed E-state index contributed by atoms with van der Waals surface area (Å²) < 4.78 is 183. The van der Waals surface area contributed by atoms with Gasteiger partial charge in [-0.3, -0.25) is 19.3 Å². The van der Waals surface area contributed by atoms with Gasteiger partial charge in [0, 0.05) is 75.2 Å². The van der Waals surface area contributed by atoms with Crippen molar-refractivity contribution in [3.63, 3.8) is 0 Å². The van der Waals surface area contributed by atoms with Crippen LogP contribution in [-0.4, -0.2) is 176 Å². The number of nitrogens with one attached hydrogen (secondary N) is 1. The van der Waals surface area contributed by atoms with E-state index in [0.29, 0.717) is 52.0 Å². The molecule has 3 aliphatic rings. The summed E-state index contributed by atoms with van der Waals surface area (Å²) in [5, 5.41) is 43.7. The lowest BCUT2D eigenvalue weighted by atomic mass is 9.83. The smallest absolute Gasteiger partial charge is 0.475 e. The largest absolute Gasteiger partial charge is 0.490 e. The molecule has 4 aromatic heterocycles. The van der Waals surface area contributed by atoms with Crippen molar-refractivity contribution < 1.29 is 115 Å². The van der Waals surface area contributed by atoms with Crippen molar-refractivity contribution in [3.05, 3.63) is 54.3 Å². The summed E-state index contributed by atoms with van der Waals surface area (Å²) in [6.07, 6.45) is -17.4. The van der Waals surface area contributed by atoms with Crippen LogP contribution < -0.4 is 0 Å². The molecule has 3 saturated heterocycles. The summed E-state index contributed by atoms with van der Waals surface area (Å²) in [5.74, 6) is -13.0. The second-order valence-corrected chi connectivity index (χ2v) is 15.5. The Labute approximate surface area is 401 Å². The van der Waals surface area contributed by atoms with E-state index >= 15 is 0 Å². The molecule has 1 amide bonds. The Morgan fingerprint density at radius 3 is 1.72 bits per heavy atom. The molecule has 1 atom stereocenters. The summed E-state index contributed by atoms with van der Waals surface area (Å²) in [4.78, 5) is 73.4. The summed E-state index contributed by atoms with van der Waals surface area (Å²) in [6.45, 7) is 2.46. The number of aliphatic carboxylic acids is 4. The SMILES string of the molecule is N#CCC1(n2cc(-c3ncnc4[nH]ccc34)cn2)CN(C2CCN(C(=O)c3cc(CN4CC[C@@H](F)C4)nc(C(F)(F)F)n3)CC2)C1.O=C(O)C(F)(F)F.O=C(O)C(F)(F)F.O=C(O)C(F)(F)F.O=C(O)C(F)(F)F. The number of carboxylic acids is 4. The highest BCUT2D eigenvalue weighted by atomic mass is 19.4. The number of rotatable bonds is 7. The number of likely N-dealkylation sites (tertiary alicyclic amines) is 3. The number of fused-ring (bicyclic) bond motifs is 1. The van der Waals surface area contributed by atoms with E-state index < -0.39 is 78.2 Å². The number of amides is 1. The van der Waals surface area contributed by atoms with Crippen LogP contribution in [0.5, 0.6) is 0 Å². The number of halogens is 16. The number of nitrogens with zero attached hydrogens (tertiary/aromatic N) is 10. The van der Waals surface area contributed by atoms with Crippen LogP contribution in [-0.2, 0) is 37.4 Å². The van der Waals surface area contributed by atoms with Gasteiger partial charge in [0.05, 0.1) is 30.1 Å². The number of carboxylic acid groups (broad SMARTS) is 4. The van der Waals surface area contributed by atoms with Gasteiger partial charge in [-0.2, -0.15) is 76.2 Å². The van der Waals surface area contributed by atoms with Crippen molar-refractivity contribution in [1.82, 2.24) is 49.4 Å². The van der Waals surface area contributed by atoms with Gasteiger partial charge in [-0.05, 0) is 31.4 Å². The molecule has 0 unspecified atom stereocenters. The van der Waals surface area contributed by atoms with E-state index in [-0.39, 0.29) is 36.9 Å². The zero-order chi connectivity index (χ0) is 56.4. The molecule has 0 aliphatic carbocycles. The van der Waals surface area contributed by atoms with Gasteiger partial charge in [-0.25, -0.2) is 43.5 Å². The number of hydrogen-bond donors (Lipinski definition) is 5. The molecule has 20 nitrogen and oxygen atoms in total. The number of piperidine rings is 1. The molecular formula is C38H35F16N11O9. The first-order chi connectivity index (χ1) is 33.9. The number of H-pyrrole nitrogens is 1. The van der Waals surface area contributed by atoms with Crippen molar-refractivity contribution in [1.29, 1.82) is 5.26 Å². The number of aromatic nitrogens is 7. The molecule has 74 heavy (non-hydrogen) atoms. The predicted octanol–water partition coefficient (Wildman–Crippen LogP) is 5.94. The third-order valence-corrected chi connectivity index (χ3v) is 10.2. The number of aromatic amines is 1. The summed E-state index contributed by atoms with van der Waals surface area (Å²) >= 11 is 0. The Morgan fingerprint density at radius 2 is 1.27 bits per heavy atom. The third-order valence-electron chi connectivity index (χ3n) is 10.2. The van der Waals surface area contributed by atoms with E-state index in [2.05, 4.69) is 41.0 Å². The minimum atomic E-state index is -5.08. The average Bonchev–Trinajstić information content (AvgIpc) is 4.06. The number of alkyl halides is 16. The first-order valence-electron chi connectivity index (χ1n) is 20.2. The van der Waals surface area contributed by atoms with Gasteiger partial charge < -0.3 is 30.3 Å². The van der Waals surface area contributed by atoms with Crippen LogP contribution in [0.15, 0.2) is 37.1 Å². The first-order valence-corrected chi connectivity index (χ1v) is 20.2. The molecule has 0 saturated carbocycles. The van der Waals surface area contributed by atoms with Crippen LogP contribution in [0, 0.1) is 11.3 Å². The predicted molar refractivity (Wildman–Crippen MR) is 210 cm³/mol. The molecule has 0 spiro atoms. The Morgan fingerprint density at radius 1 is 0.757 bits per heavy atom. The van der Waals surface area contributed by atoms with Gasteiger partial charge in [-0.15, -0.1) is 0 Å². The minimum absolute atomic E-state index is 0.0149. The fraction of sp³-hybridized carbons (Fsp3) is 0.500. The van der Waals surface area contributed by atoms with Gasteiger partial charge in [0.2, 0.25) is 5.82 Å². The topological polar surface area (TPSA) is 285 Å². The van der Waals surface area contributed by atoms with Crippen molar-refractivity contribution in [2.45, 2.75) is 80.9 Å².